The molecular weight excluding hydrogens is 466 g/mol. The van der Waals surface area contributed by atoms with E-state index in [-0.39, 0.29) is 42.0 Å². The Morgan fingerprint density at radius 1 is 1.17 bits per heavy atom. The second kappa shape index (κ2) is 11.7. The van der Waals surface area contributed by atoms with Gasteiger partial charge < -0.3 is 14.9 Å². The number of ketones is 1. The minimum Gasteiger partial charge on any atom is -0.492 e. The van der Waals surface area contributed by atoms with Crippen LogP contribution in [0.4, 0.5) is 0 Å². The van der Waals surface area contributed by atoms with Crippen molar-refractivity contribution in [2.75, 3.05) is 13.2 Å². The maximum atomic E-state index is 13.2. The number of sulfone groups is 1. The number of ether oxygens (including phenoxy) is 1. The van der Waals surface area contributed by atoms with Crippen molar-refractivity contribution in [2.24, 2.45) is 11.8 Å². The lowest BCUT2D eigenvalue weighted by Gasteiger charge is -2.18. The predicted molar refractivity (Wildman–Crippen MR) is 137 cm³/mol. The fourth-order valence-electron chi connectivity index (χ4n) is 3.52. The molecule has 190 valence electrons. The third-order valence-corrected chi connectivity index (χ3v) is 7.40. The van der Waals surface area contributed by atoms with Gasteiger partial charge in [-0.1, -0.05) is 50.3 Å². The third-order valence-electron chi connectivity index (χ3n) is 5.69. The van der Waals surface area contributed by atoms with Crippen LogP contribution < -0.4 is 4.74 Å². The van der Waals surface area contributed by atoms with E-state index >= 15 is 0 Å². The van der Waals surface area contributed by atoms with Crippen LogP contribution in [0.1, 0.15) is 51.3 Å². The molecule has 0 saturated carbocycles. The van der Waals surface area contributed by atoms with Crippen LogP contribution in [0.2, 0.25) is 0 Å². The first-order valence-electron chi connectivity index (χ1n) is 11.5. The number of rotatable bonds is 11. The Morgan fingerprint density at radius 3 is 2.43 bits per heavy atom. The van der Waals surface area contributed by atoms with E-state index in [2.05, 4.69) is 0 Å². The average molecular weight is 502 g/mol. The van der Waals surface area contributed by atoms with Crippen molar-refractivity contribution >= 4 is 26.7 Å². The molecule has 0 aliphatic heterocycles. The van der Waals surface area contributed by atoms with Crippen molar-refractivity contribution in [1.29, 1.82) is 5.41 Å². The highest BCUT2D eigenvalue weighted by Crippen LogP contribution is 2.29. The Hall–Kier alpha value is -2.81. The van der Waals surface area contributed by atoms with E-state index in [0.717, 1.165) is 0 Å². The minimum atomic E-state index is -4.14. The van der Waals surface area contributed by atoms with Gasteiger partial charge >= 0.3 is 0 Å². The van der Waals surface area contributed by atoms with Gasteiger partial charge in [-0.3, -0.25) is 10.2 Å². The largest absolute Gasteiger partial charge is 0.492 e. The van der Waals surface area contributed by atoms with Crippen LogP contribution in [-0.2, 0) is 26.7 Å². The molecule has 2 aromatic rings. The second-order valence-electron chi connectivity index (χ2n) is 9.27. The maximum absolute atomic E-state index is 13.2. The molecule has 2 aromatic carbocycles. The molecule has 0 fully saturated rings. The van der Waals surface area contributed by atoms with Gasteiger partial charge in [0.25, 0.3) is 0 Å². The summed E-state index contributed by atoms with van der Waals surface area (Å²) in [5.41, 5.74) is 0.696. The number of carbonyl (C=O) groups is 1. The number of hydrogen-bond acceptors (Lipinski definition) is 7. The molecule has 0 spiro atoms. The predicted octanol–water partition coefficient (Wildman–Crippen LogP) is 4.15. The van der Waals surface area contributed by atoms with Crippen LogP contribution in [0, 0.1) is 17.2 Å². The number of nitrogens with one attached hydrogen (secondary N) is 1. The Morgan fingerprint density at radius 2 is 1.86 bits per heavy atom. The van der Waals surface area contributed by atoms with Crippen molar-refractivity contribution in [3.63, 3.8) is 0 Å². The summed E-state index contributed by atoms with van der Waals surface area (Å²) >= 11 is 0. The highest BCUT2D eigenvalue weighted by molar-refractivity contribution is 8.06. The lowest BCUT2D eigenvalue weighted by molar-refractivity contribution is -0.120. The molecule has 35 heavy (non-hydrogen) atoms. The van der Waals surface area contributed by atoms with Crippen molar-refractivity contribution in [2.45, 2.75) is 51.5 Å². The fraction of sp³-hybridized carbons (Fsp3) is 0.407. The molecule has 0 amide bonds. The Kier molecular flexibility index (Phi) is 9.54. The summed E-state index contributed by atoms with van der Waals surface area (Å²) in [7, 11) is -4.14. The standard InChI is InChI=1S/C27H35NO6S/c1-6-34-24-15-19(10-12-23(30)22(17-29)18(2)3)11-13-25(24)35(32,33)26(28)16-20-8-7-9-21(14-20)27(4,5)31/h7-15,18,22,28-29,31H,6,16-17H2,1-5H3/b12-10+,28-26?/t22-/m0/s1. The van der Waals surface area contributed by atoms with Crippen molar-refractivity contribution in [3.8, 4) is 5.75 Å². The summed E-state index contributed by atoms with van der Waals surface area (Å²) in [5, 5.41) is 27.5. The second-order valence-corrected chi connectivity index (χ2v) is 11.2. The summed E-state index contributed by atoms with van der Waals surface area (Å²) in [6, 6.07) is 11.3. The lowest BCUT2D eigenvalue weighted by atomic mass is 9.92. The first kappa shape index (κ1) is 28.4. The molecule has 2 rings (SSSR count). The van der Waals surface area contributed by atoms with Crippen molar-refractivity contribution < 1.29 is 28.2 Å². The van der Waals surface area contributed by atoms with E-state index in [1.54, 1.807) is 57.2 Å². The fourth-order valence-corrected chi connectivity index (χ4v) is 4.78. The molecular formula is C27H35NO6S. The molecule has 0 heterocycles. The smallest absolute Gasteiger partial charge is 0.223 e. The molecule has 1 atom stereocenters. The highest BCUT2D eigenvalue weighted by Gasteiger charge is 2.26. The average Bonchev–Trinajstić information content (AvgIpc) is 2.77. The molecule has 0 aromatic heterocycles. The number of hydrogen-bond donors (Lipinski definition) is 3. The summed E-state index contributed by atoms with van der Waals surface area (Å²) in [6.07, 6.45) is 2.79. The van der Waals surface area contributed by atoms with Crippen LogP contribution in [0.5, 0.6) is 5.75 Å². The van der Waals surface area contributed by atoms with Gasteiger partial charge in [-0.15, -0.1) is 0 Å². The quantitative estimate of drug-likeness (QED) is 0.241. The summed E-state index contributed by atoms with van der Waals surface area (Å²) in [4.78, 5) is 12.2. The Bertz CT molecular complexity index is 1190. The van der Waals surface area contributed by atoms with Gasteiger partial charge in [0, 0.05) is 12.3 Å². The number of carbonyl (C=O) groups excluding carboxylic acids is 1. The normalized spacial score (nSPS) is 13.3. The van der Waals surface area contributed by atoms with Crippen LogP contribution in [0.15, 0.2) is 53.4 Å². The van der Waals surface area contributed by atoms with E-state index in [1.165, 1.54) is 18.2 Å². The minimum absolute atomic E-state index is 0.0150. The van der Waals surface area contributed by atoms with Gasteiger partial charge in [-0.05, 0) is 61.6 Å². The van der Waals surface area contributed by atoms with Gasteiger partial charge in [0.15, 0.2) is 5.78 Å². The van der Waals surface area contributed by atoms with Gasteiger partial charge in [0.2, 0.25) is 9.84 Å². The van der Waals surface area contributed by atoms with Gasteiger partial charge in [0.1, 0.15) is 15.7 Å². The van der Waals surface area contributed by atoms with E-state index < -0.39 is 26.4 Å². The van der Waals surface area contributed by atoms with Crippen LogP contribution in [0.25, 0.3) is 6.08 Å². The molecule has 7 nitrogen and oxygen atoms in total. The number of allylic oxidation sites excluding steroid dienone is 1. The van der Waals surface area contributed by atoms with E-state index in [0.29, 0.717) is 16.7 Å². The van der Waals surface area contributed by atoms with Crippen LogP contribution in [-0.4, -0.2) is 42.7 Å². The summed E-state index contributed by atoms with van der Waals surface area (Å²) < 4.78 is 32.1. The van der Waals surface area contributed by atoms with Crippen molar-refractivity contribution in [1.82, 2.24) is 0 Å². The van der Waals surface area contributed by atoms with Crippen LogP contribution >= 0.6 is 0 Å². The lowest BCUT2D eigenvalue weighted by Crippen LogP contribution is -2.22. The first-order chi connectivity index (χ1) is 16.3. The van der Waals surface area contributed by atoms with E-state index in [1.807, 2.05) is 13.8 Å². The number of aliphatic hydroxyl groups excluding tert-OH is 1. The highest BCUT2D eigenvalue weighted by atomic mass is 32.2. The number of aliphatic hydroxyl groups is 2. The summed E-state index contributed by atoms with van der Waals surface area (Å²) in [5.74, 6) is -0.640. The zero-order valence-electron chi connectivity index (χ0n) is 20.9. The zero-order valence-corrected chi connectivity index (χ0v) is 21.7. The maximum Gasteiger partial charge on any atom is 0.223 e. The molecule has 0 aliphatic rings. The van der Waals surface area contributed by atoms with Gasteiger partial charge in [0.05, 0.1) is 18.8 Å². The Balaban J connectivity index is 2.34. The van der Waals surface area contributed by atoms with Crippen LogP contribution in [0.3, 0.4) is 0 Å². The first-order valence-corrected chi connectivity index (χ1v) is 13.0. The monoisotopic (exact) mass is 501 g/mol. The summed E-state index contributed by atoms with van der Waals surface area (Å²) in [6.45, 7) is 8.69. The molecule has 0 radical (unpaired) electrons. The van der Waals surface area contributed by atoms with Crippen molar-refractivity contribution in [3.05, 3.63) is 65.2 Å². The molecule has 0 aliphatic carbocycles. The van der Waals surface area contributed by atoms with E-state index in [9.17, 15) is 23.4 Å². The topological polar surface area (TPSA) is 125 Å². The molecule has 8 heteroatoms. The number of benzene rings is 2. The molecule has 0 bridgehead atoms. The van der Waals surface area contributed by atoms with E-state index in [4.69, 9.17) is 10.1 Å². The van der Waals surface area contributed by atoms with Gasteiger partial charge in [-0.25, -0.2) is 8.42 Å². The SMILES string of the molecule is CCOc1cc(/C=C/C(=O)[C@@H](CO)C(C)C)ccc1S(=O)(=O)C(=N)Cc1cccc(C(C)(C)O)c1. The molecule has 3 N–H and O–H groups in total. The Labute approximate surface area is 207 Å². The molecule has 0 saturated heterocycles. The third kappa shape index (κ3) is 7.34. The van der Waals surface area contributed by atoms with Gasteiger partial charge in [-0.2, -0.15) is 0 Å². The molecule has 0 unspecified atom stereocenters. The zero-order chi connectivity index (χ0) is 26.4.